The molecule has 0 aromatic heterocycles. The van der Waals surface area contributed by atoms with Crippen molar-refractivity contribution in [3.05, 3.63) is 49.1 Å². The third-order valence-electron chi connectivity index (χ3n) is 4.97. The van der Waals surface area contributed by atoms with Crippen LogP contribution in [0.2, 0.25) is 52.4 Å². The average molecular weight is 473 g/mol. The Morgan fingerprint density at radius 1 is 0.483 bits per heavy atom. The molecule has 0 aromatic carbocycles. The van der Waals surface area contributed by atoms with E-state index in [-0.39, 0.29) is 0 Å². The second-order valence-electron chi connectivity index (χ2n) is 9.88. The van der Waals surface area contributed by atoms with Gasteiger partial charge < -0.3 is 17.7 Å². The predicted molar refractivity (Wildman–Crippen MR) is 137 cm³/mol. The summed E-state index contributed by atoms with van der Waals surface area (Å²) in [6, 6.07) is 0. The van der Waals surface area contributed by atoms with Crippen LogP contribution < -0.4 is 0 Å². The zero-order valence-corrected chi connectivity index (χ0v) is 24.1. The molecule has 4 nitrogen and oxygen atoms in total. The number of rotatable bonds is 16. The van der Waals surface area contributed by atoms with Crippen molar-refractivity contribution in [1.29, 1.82) is 0 Å². The minimum Gasteiger partial charge on any atom is -0.413 e. The van der Waals surface area contributed by atoms with Crippen LogP contribution in [0.25, 0.3) is 0 Å². The van der Waals surface area contributed by atoms with Gasteiger partial charge >= 0.3 is 0 Å². The fraction of sp³-hybridized carbons (Fsp3) is 0.619. The van der Waals surface area contributed by atoms with Gasteiger partial charge in [-0.25, -0.2) is 0 Å². The smallest absolute Gasteiger partial charge is 0.210 e. The highest BCUT2D eigenvalue weighted by molar-refractivity contribution is 6.77. The highest BCUT2D eigenvalue weighted by atomic mass is 28.4. The minimum absolute atomic E-state index is 0.416. The van der Waals surface area contributed by atoms with Crippen molar-refractivity contribution in [2.45, 2.75) is 52.4 Å². The molecule has 0 aromatic rings. The van der Waals surface area contributed by atoms with Crippen LogP contribution in [0.15, 0.2) is 49.1 Å². The summed E-state index contributed by atoms with van der Waals surface area (Å²) >= 11 is 0. The predicted octanol–water partition coefficient (Wildman–Crippen LogP) is 5.76. The van der Waals surface area contributed by atoms with E-state index in [0.717, 1.165) is 0 Å². The van der Waals surface area contributed by atoms with Crippen molar-refractivity contribution in [2.75, 3.05) is 26.4 Å². The van der Waals surface area contributed by atoms with Gasteiger partial charge in [0.25, 0.3) is 0 Å². The first-order valence-electron chi connectivity index (χ1n) is 10.2. The SMILES string of the molecule is C=C[Si](C)(C)OCC(CO[Si](C)(C)C=C)(CO[Si](C)(C)C=C)CO[Si](C)(C)C=C. The van der Waals surface area contributed by atoms with Gasteiger partial charge in [0, 0.05) is 26.4 Å². The van der Waals surface area contributed by atoms with Crippen molar-refractivity contribution in [3.8, 4) is 0 Å². The van der Waals surface area contributed by atoms with Crippen LogP contribution in [-0.4, -0.2) is 59.7 Å². The highest BCUT2D eigenvalue weighted by Gasteiger charge is 2.39. The molecule has 0 aliphatic carbocycles. The Labute approximate surface area is 184 Å². The first-order valence-corrected chi connectivity index (χ1v) is 22.1. The van der Waals surface area contributed by atoms with Gasteiger partial charge in [-0.1, -0.05) is 22.8 Å². The van der Waals surface area contributed by atoms with E-state index >= 15 is 0 Å². The van der Waals surface area contributed by atoms with E-state index < -0.39 is 38.7 Å². The van der Waals surface area contributed by atoms with Crippen molar-refractivity contribution < 1.29 is 17.7 Å². The second-order valence-corrected chi connectivity index (χ2v) is 25.5. The van der Waals surface area contributed by atoms with Gasteiger partial charge in [0.15, 0.2) is 0 Å². The summed E-state index contributed by atoms with van der Waals surface area (Å²) in [6.07, 6.45) is 0. The van der Waals surface area contributed by atoms with Crippen molar-refractivity contribution >= 4 is 33.3 Å². The van der Waals surface area contributed by atoms with E-state index in [9.17, 15) is 0 Å². The molecule has 0 unspecified atom stereocenters. The maximum Gasteiger partial charge on any atom is 0.210 e. The van der Waals surface area contributed by atoms with Crippen LogP contribution in [0, 0.1) is 5.41 Å². The maximum absolute atomic E-state index is 6.39. The van der Waals surface area contributed by atoms with Crippen LogP contribution in [0.4, 0.5) is 0 Å². The third-order valence-corrected chi connectivity index (χ3v) is 12.5. The lowest BCUT2D eigenvalue weighted by atomic mass is 9.93. The Hall–Kier alpha value is -0.332. The van der Waals surface area contributed by atoms with Crippen LogP contribution in [0.1, 0.15) is 0 Å². The summed E-state index contributed by atoms with van der Waals surface area (Å²) in [4.78, 5) is 0. The van der Waals surface area contributed by atoms with Gasteiger partial charge in [0.2, 0.25) is 33.3 Å². The van der Waals surface area contributed by atoms with E-state index in [4.69, 9.17) is 17.7 Å². The molecule has 0 radical (unpaired) electrons. The third kappa shape index (κ3) is 11.6. The Bertz CT molecular complexity index is 470. The fourth-order valence-corrected chi connectivity index (χ4v) is 5.03. The summed E-state index contributed by atoms with van der Waals surface area (Å²) in [5.74, 6) is 0. The lowest BCUT2D eigenvalue weighted by molar-refractivity contribution is -0.0106. The van der Waals surface area contributed by atoms with Gasteiger partial charge in [0.1, 0.15) is 0 Å². The monoisotopic (exact) mass is 472 g/mol. The van der Waals surface area contributed by atoms with Crippen molar-refractivity contribution in [1.82, 2.24) is 0 Å². The van der Waals surface area contributed by atoms with Gasteiger partial charge in [-0.2, -0.15) is 0 Å². The van der Waals surface area contributed by atoms with Crippen molar-refractivity contribution in [2.24, 2.45) is 5.41 Å². The molecule has 0 aliphatic heterocycles. The molecule has 0 saturated heterocycles. The lowest BCUT2D eigenvalue weighted by Gasteiger charge is -2.40. The van der Waals surface area contributed by atoms with Crippen LogP contribution in [0.5, 0.6) is 0 Å². The molecule has 8 heteroatoms. The molecule has 0 fully saturated rings. The van der Waals surface area contributed by atoms with E-state index in [1.807, 2.05) is 22.8 Å². The molecule has 0 heterocycles. The summed E-state index contributed by atoms with van der Waals surface area (Å²) in [7, 11) is -7.86. The molecule has 168 valence electrons. The molecule has 0 rings (SSSR count). The summed E-state index contributed by atoms with van der Waals surface area (Å²) in [5, 5.41) is 0. The molecule has 0 bridgehead atoms. The molecule has 29 heavy (non-hydrogen) atoms. The Morgan fingerprint density at radius 3 is 0.793 bits per heavy atom. The Balaban J connectivity index is 5.83. The zero-order valence-electron chi connectivity index (χ0n) is 20.1. The first-order chi connectivity index (χ1) is 13.1. The topological polar surface area (TPSA) is 36.9 Å². The minimum atomic E-state index is -1.97. The second kappa shape index (κ2) is 11.3. The number of hydrogen-bond acceptors (Lipinski definition) is 4. The van der Waals surface area contributed by atoms with Crippen molar-refractivity contribution in [3.63, 3.8) is 0 Å². The first kappa shape index (κ1) is 28.7. The molecule has 0 spiro atoms. The van der Waals surface area contributed by atoms with Gasteiger partial charge in [-0.15, -0.1) is 26.3 Å². The van der Waals surface area contributed by atoms with Crippen LogP contribution in [0.3, 0.4) is 0 Å². The van der Waals surface area contributed by atoms with E-state index in [1.165, 1.54) is 0 Å². The maximum atomic E-state index is 6.39. The largest absolute Gasteiger partial charge is 0.413 e. The Morgan fingerprint density at radius 2 is 0.655 bits per heavy atom. The van der Waals surface area contributed by atoms with E-state index in [1.54, 1.807) is 0 Å². The van der Waals surface area contributed by atoms with Gasteiger partial charge in [-0.3, -0.25) is 0 Å². The number of hydrogen-bond donors (Lipinski definition) is 0. The molecule has 0 saturated carbocycles. The highest BCUT2D eigenvalue weighted by Crippen LogP contribution is 2.28. The summed E-state index contributed by atoms with van der Waals surface area (Å²) in [6.45, 7) is 34.9. The van der Waals surface area contributed by atoms with E-state index in [2.05, 4.69) is 78.7 Å². The summed E-state index contributed by atoms with van der Waals surface area (Å²) in [5.41, 5.74) is 7.39. The molecular weight excluding hydrogens is 429 g/mol. The average Bonchev–Trinajstić information content (AvgIpc) is 2.67. The normalized spacial score (nSPS) is 13.8. The summed E-state index contributed by atoms with van der Waals surface area (Å²) < 4.78 is 25.6. The molecule has 0 atom stereocenters. The zero-order chi connectivity index (χ0) is 23.0. The molecule has 0 aliphatic rings. The molecule has 0 amide bonds. The quantitative estimate of drug-likeness (QED) is 0.268. The molecule has 0 N–H and O–H groups in total. The Kier molecular flexibility index (Phi) is 11.2. The van der Waals surface area contributed by atoms with Gasteiger partial charge in [0.05, 0.1) is 5.41 Å². The molecular formula is C21H44O4Si4. The van der Waals surface area contributed by atoms with Gasteiger partial charge in [-0.05, 0) is 52.4 Å². The van der Waals surface area contributed by atoms with Crippen LogP contribution >= 0.6 is 0 Å². The van der Waals surface area contributed by atoms with Crippen LogP contribution in [-0.2, 0) is 17.7 Å². The standard InChI is InChI=1S/C21H44O4Si4/c1-13-26(5,6)22-17-21(18-23-27(7,8)14-2,19-24-28(9,10)15-3)20-25-29(11,12)16-4/h13-16H,1-4,17-20H2,5-12H3. The lowest BCUT2D eigenvalue weighted by Crippen LogP contribution is -2.50. The fourth-order valence-electron chi connectivity index (χ4n) is 1.84. The van der Waals surface area contributed by atoms with E-state index in [0.29, 0.717) is 26.4 Å².